The van der Waals surface area contributed by atoms with E-state index in [1.165, 1.54) is 12.1 Å². The number of carbonyl (C=O) groups excluding carboxylic acids is 1. The number of hydrogen-bond acceptors (Lipinski definition) is 9. The monoisotopic (exact) mass is 482 g/mol. The van der Waals surface area contributed by atoms with Crippen LogP contribution in [-0.4, -0.2) is 35.3 Å². The number of imidazole rings is 1. The molecule has 0 spiro atoms. The highest BCUT2D eigenvalue weighted by Gasteiger charge is 2.34. The van der Waals surface area contributed by atoms with Crippen molar-refractivity contribution < 1.29 is 28.5 Å². The second kappa shape index (κ2) is 9.21. The molecule has 0 aliphatic rings. The summed E-state index contributed by atoms with van der Waals surface area (Å²) in [6.45, 7) is 3.77. The Hall–Kier alpha value is -3.81. The Morgan fingerprint density at radius 3 is 2.56 bits per heavy atom. The number of nitriles is 1. The zero-order valence-corrected chi connectivity index (χ0v) is 19.2. The summed E-state index contributed by atoms with van der Waals surface area (Å²) >= 11 is 0. The molecule has 2 aromatic carbocycles. The molecule has 34 heavy (non-hydrogen) atoms. The van der Waals surface area contributed by atoms with E-state index in [1.807, 2.05) is 4.57 Å². The number of nitrogens with zero attached hydrogens (tertiary/aromatic N) is 4. The summed E-state index contributed by atoms with van der Waals surface area (Å²) in [5, 5.41) is 15.9. The molecule has 174 valence electrons. The highest BCUT2D eigenvalue weighted by atomic mass is 31.2. The molecule has 0 unspecified atom stereocenters. The van der Waals surface area contributed by atoms with E-state index in [0.29, 0.717) is 47.0 Å². The quantitative estimate of drug-likeness (QED) is 0.290. The van der Waals surface area contributed by atoms with Gasteiger partial charge >= 0.3 is 8.17 Å². The summed E-state index contributed by atoms with van der Waals surface area (Å²) in [5.41, 5.74) is 3.44. The van der Waals surface area contributed by atoms with E-state index < -0.39 is 14.1 Å². The lowest BCUT2D eigenvalue weighted by molar-refractivity contribution is 0.102. The van der Waals surface area contributed by atoms with Crippen molar-refractivity contribution in [3.8, 4) is 11.8 Å². The van der Waals surface area contributed by atoms with Gasteiger partial charge in [0.2, 0.25) is 5.95 Å². The van der Waals surface area contributed by atoms with Crippen LogP contribution >= 0.6 is 8.17 Å². The largest absolute Gasteiger partial charge is 0.613 e. The number of anilines is 1. The van der Waals surface area contributed by atoms with Gasteiger partial charge in [-0.3, -0.25) is 14.6 Å². The smallest absolute Gasteiger partial charge is 0.361 e. The lowest BCUT2D eigenvalue weighted by Gasteiger charge is -2.11. The van der Waals surface area contributed by atoms with Crippen LogP contribution in [0.4, 0.5) is 5.95 Å². The van der Waals surface area contributed by atoms with Gasteiger partial charge in [-0.2, -0.15) is 19.9 Å². The van der Waals surface area contributed by atoms with E-state index in [-0.39, 0.29) is 5.75 Å². The summed E-state index contributed by atoms with van der Waals surface area (Å²) in [6.07, 6.45) is 0.539. The van der Waals surface area contributed by atoms with Gasteiger partial charge in [-0.05, 0) is 56.2 Å². The Kier molecular flexibility index (Phi) is 6.32. The first-order valence-corrected chi connectivity index (χ1v) is 11.7. The Labute approximate surface area is 194 Å². The average molecular weight is 482 g/mol. The van der Waals surface area contributed by atoms with Crippen LogP contribution in [0, 0.1) is 25.2 Å². The third-order valence-electron chi connectivity index (χ3n) is 5.14. The van der Waals surface area contributed by atoms with Gasteiger partial charge in [-0.25, -0.2) is 4.98 Å². The van der Waals surface area contributed by atoms with Crippen LogP contribution in [0.25, 0.3) is 11.0 Å². The van der Waals surface area contributed by atoms with E-state index in [9.17, 15) is 10.1 Å². The Morgan fingerprint density at radius 2 is 1.94 bits per heavy atom. The summed E-state index contributed by atoms with van der Waals surface area (Å²) in [4.78, 5) is 44.5. The van der Waals surface area contributed by atoms with E-state index in [4.69, 9.17) is 19.2 Å². The molecule has 0 saturated heterocycles. The molecule has 4 N–H and O–H groups in total. The van der Waals surface area contributed by atoms with Gasteiger partial charge in [0.1, 0.15) is 11.3 Å². The first-order chi connectivity index (χ1) is 16.1. The highest BCUT2D eigenvalue weighted by molar-refractivity contribution is 7.53. The summed E-state index contributed by atoms with van der Waals surface area (Å²) < 4.78 is 11.6. The number of fused-ring (bicyclic) bond motifs is 1. The Balaban J connectivity index is 1.61. The van der Waals surface area contributed by atoms with Gasteiger partial charge in [0.15, 0.2) is 5.75 Å². The maximum atomic E-state index is 12.9. The van der Waals surface area contributed by atoms with Crippen LogP contribution < -0.4 is 9.84 Å². The number of aryl methyl sites for hydroxylation is 4. The van der Waals surface area contributed by atoms with Crippen molar-refractivity contribution in [1.82, 2.24) is 14.7 Å². The number of carbonyl (C=O) groups is 1. The van der Waals surface area contributed by atoms with E-state index in [0.717, 1.165) is 11.1 Å². The number of hydrogen-bond donors (Lipinski definition) is 4. The molecule has 4 aromatic rings. The first-order valence-electron chi connectivity index (χ1n) is 10.1. The van der Waals surface area contributed by atoms with Crippen molar-refractivity contribution in [3.63, 3.8) is 0 Å². The normalized spacial score (nSPS) is 11.4. The standard InChI is InChI=1S/C22H20N5O6P/c1-13-20(14(2)32-26-13)21(28)25-22-24-18-11-16(12-23)5-8-19(18)27(22)10-9-15-3-6-17(7-4-15)33-34(29,30)31/h3-8,11,29-31H,9-10H2,1-2H3/p+1. The van der Waals surface area contributed by atoms with Crippen molar-refractivity contribution >= 4 is 31.1 Å². The van der Waals surface area contributed by atoms with Gasteiger partial charge in [0.05, 0.1) is 28.4 Å². The highest BCUT2D eigenvalue weighted by Crippen LogP contribution is 2.45. The van der Waals surface area contributed by atoms with Gasteiger partial charge < -0.3 is 9.09 Å². The minimum absolute atomic E-state index is 0.120. The van der Waals surface area contributed by atoms with Crippen molar-refractivity contribution in [1.29, 1.82) is 5.26 Å². The molecule has 2 aromatic heterocycles. The number of benzene rings is 2. The summed E-state index contributed by atoms with van der Waals surface area (Å²) in [7, 11) is -4.38. The van der Waals surface area contributed by atoms with Crippen molar-refractivity contribution in [2.75, 3.05) is 5.32 Å². The van der Waals surface area contributed by atoms with Crippen LogP contribution in [0.15, 0.2) is 47.0 Å². The molecule has 0 aliphatic carbocycles. The van der Waals surface area contributed by atoms with Gasteiger partial charge in [0.25, 0.3) is 5.91 Å². The molecule has 0 bridgehead atoms. The third kappa shape index (κ3) is 5.06. The molecule has 0 radical (unpaired) electrons. The van der Waals surface area contributed by atoms with Crippen LogP contribution in [0.3, 0.4) is 0 Å². The molecule has 0 aliphatic heterocycles. The lowest BCUT2D eigenvalue weighted by Crippen LogP contribution is -2.17. The minimum Gasteiger partial charge on any atom is -0.361 e. The lowest BCUT2D eigenvalue weighted by atomic mass is 10.1. The summed E-state index contributed by atoms with van der Waals surface area (Å²) in [6, 6.07) is 13.7. The molecule has 1 amide bonds. The molecule has 0 atom stereocenters. The SMILES string of the molecule is Cc1noc(C)c1C(=O)Nc1nc2cc(C#N)ccc2n1CCc1ccc(O[P+](O)(O)O)cc1. The topological polar surface area (TPSA) is 167 Å². The minimum atomic E-state index is -4.38. The van der Waals surface area contributed by atoms with Gasteiger partial charge in [-0.1, -0.05) is 17.3 Å². The summed E-state index contributed by atoms with van der Waals surface area (Å²) in [5.74, 6) is 0.421. The van der Waals surface area contributed by atoms with Gasteiger partial charge in [-0.15, -0.1) is 0 Å². The van der Waals surface area contributed by atoms with Crippen molar-refractivity contribution in [2.24, 2.45) is 0 Å². The van der Waals surface area contributed by atoms with Crippen molar-refractivity contribution in [3.05, 3.63) is 70.6 Å². The zero-order chi connectivity index (χ0) is 24.5. The number of nitrogens with one attached hydrogen (secondary N) is 1. The maximum Gasteiger partial charge on any atom is 0.613 e. The Morgan fingerprint density at radius 1 is 1.21 bits per heavy atom. The average Bonchev–Trinajstić information content (AvgIpc) is 3.29. The van der Waals surface area contributed by atoms with Crippen LogP contribution in [0.1, 0.15) is 32.9 Å². The van der Waals surface area contributed by atoms with Crippen LogP contribution in [0.2, 0.25) is 0 Å². The fraction of sp³-hybridized carbons (Fsp3) is 0.182. The molecule has 11 nitrogen and oxygen atoms in total. The number of amides is 1. The maximum absolute atomic E-state index is 12.9. The van der Waals surface area contributed by atoms with Gasteiger partial charge in [0, 0.05) is 6.54 Å². The fourth-order valence-electron chi connectivity index (χ4n) is 3.59. The number of aromatic nitrogens is 3. The molecule has 0 fully saturated rings. The second-order valence-electron chi connectivity index (χ2n) is 7.55. The third-order valence-corrected chi connectivity index (χ3v) is 5.59. The number of rotatable bonds is 7. The van der Waals surface area contributed by atoms with Crippen LogP contribution in [0.5, 0.6) is 5.75 Å². The molecular weight excluding hydrogens is 461 g/mol. The van der Waals surface area contributed by atoms with E-state index in [1.54, 1.807) is 44.2 Å². The zero-order valence-electron chi connectivity index (χ0n) is 18.3. The molecular formula is C22H21N5O6P+. The predicted molar refractivity (Wildman–Crippen MR) is 123 cm³/mol. The van der Waals surface area contributed by atoms with E-state index >= 15 is 0 Å². The fourth-order valence-corrected chi connectivity index (χ4v) is 4.00. The molecule has 4 rings (SSSR count). The first kappa shape index (κ1) is 23.4. The Bertz CT molecular complexity index is 1380. The van der Waals surface area contributed by atoms with Crippen LogP contribution in [-0.2, 0) is 13.0 Å². The molecule has 2 heterocycles. The van der Waals surface area contributed by atoms with E-state index in [2.05, 4.69) is 26.1 Å². The van der Waals surface area contributed by atoms with Crippen molar-refractivity contribution in [2.45, 2.75) is 26.8 Å². The predicted octanol–water partition coefficient (Wildman–Crippen LogP) is 3.04. The second-order valence-corrected chi connectivity index (χ2v) is 8.76. The molecule has 12 heteroatoms. The molecule has 0 saturated carbocycles.